The molecule has 0 heterocycles. The van der Waals surface area contributed by atoms with Crippen LogP contribution in [0.25, 0.3) is 0 Å². The number of methoxy groups -OCH3 is 1. The topological polar surface area (TPSA) is 103 Å². The summed E-state index contributed by atoms with van der Waals surface area (Å²) in [5, 5.41) is 5.48. The van der Waals surface area contributed by atoms with Crippen LogP contribution in [0.2, 0.25) is 0 Å². The van der Waals surface area contributed by atoms with Crippen molar-refractivity contribution in [1.82, 2.24) is 10.6 Å². The highest BCUT2D eigenvalue weighted by Crippen LogP contribution is 2.28. The second kappa shape index (κ2) is 9.31. The van der Waals surface area contributed by atoms with Crippen molar-refractivity contribution in [3.8, 4) is 11.5 Å². The van der Waals surface area contributed by atoms with Crippen LogP contribution in [0.1, 0.15) is 22.8 Å². The first kappa shape index (κ1) is 19.1. The molecule has 26 heavy (non-hydrogen) atoms. The second-order valence-corrected chi connectivity index (χ2v) is 5.54. The summed E-state index contributed by atoms with van der Waals surface area (Å²) in [7, 11) is 1.52. The van der Waals surface area contributed by atoms with Gasteiger partial charge in [-0.1, -0.05) is 12.1 Å². The molecule has 7 heteroatoms. The Hall–Kier alpha value is -3.22. The van der Waals surface area contributed by atoms with E-state index in [1.807, 2.05) is 6.92 Å². The maximum atomic E-state index is 12.2. The number of hydrogen-bond donors (Lipinski definition) is 3. The van der Waals surface area contributed by atoms with Crippen molar-refractivity contribution in [2.24, 2.45) is 0 Å². The summed E-state index contributed by atoms with van der Waals surface area (Å²) in [4.78, 5) is 23.6. The molecule has 0 aliphatic heterocycles. The molecule has 0 bridgehead atoms. The molecule has 2 amide bonds. The average molecular weight is 357 g/mol. The first-order chi connectivity index (χ1) is 12.5. The highest BCUT2D eigenvalue weighted by Gasteiger charge is 2.10. The van der Waals surface area contributed by atoms with Gasteiger partial charge in [-0.2, -0.15) is 0 Å². The van der Waals surface area contributed by atoms with Gasteiger partial charge >= 0.3 is 0 Å². The molecule has 0 aromatic heterocycles. The summed E-state index contributed by atoms with van der Waals surface area (Å²) < 4.78 is 10.8. The number of rotatable bonds is 8. The van der Waals surface area contributed by atoms with Gasteiger partial charge in [-0.3, -0.25) is 9.59 Å². The number of hydrogen-bond acceptors (Lipinski definition) is 5. The second-order valence-electron chi connectivity index (χ2n) is 5.54. The quantitative estimate of drug-likeness (QED) is 0.624. The van der Waals surface area contributed by atoms with Crippen LogP contribution in [0.3, 0.4) is 0 Å². The number of nitrogen functional groups attached to an aromatic ring is 1. The smallest absolute Gasteiger partial charge is 0.257 e. The lowest BCUT2D eigenvalue weighted by atomic mass is 10.1. The van der Waals surface area contributed by atoms with Crippen LogP contribution in [0.15, 0.2) is 42.5 Å². The maximum absolute atomic E-state index is 12.2. The largest absolute Gasteiger partial charge is 0.493 e. The zero-order chi connectivity index (χ0) is 18.9. The molecule has 138 valence electrons. The Morgan fingerprint density at radius 3 is 2.58 bits per heavy atom. The van der Waals surface area contributed by atoms with Crippen LogP contribution in [-0.4, -0.2) is 32.1 Å². The van der Waals surface area contributed by atoms with Crippen LogP contribution < -0.4 is 25.8 Å². The van der Waals surface area contributed by atoms with Gasteiger partial charge in [0, 0.05) is 24.3 Å². The Morgan fingerprint density at radius 1 is 1.08 bits per heavy atom. The minimum absolute atomic E-state index is 0.0876. The predicted molar refractivity (Wildman–Crippen MR) is 99.2 cm³/mol. The number of likely N-dealkylation sites (N-methyl/N-ethyl adjacent to an activating group) is 1. The fourth-order valence-electron chi connectivity index (χ4n) is 2.30. The predicted octanol–water partition coefficient (Wildman–Crippen LogP) is 1.72. The first-order valence-electron chi connectivity index (χ1n) is 8.23. The summed E-state index contributed by atoms with van der Waals surface area (Å²) in [6.07, 6.45) is 0. The highest BCUT2D eigenvalue weighted by atomic mass is 16.5. The summed E-state index contributed by atoms with van der Waals surface area (Å²) in [5.74, 6) is 0.538. The van der Waals surface area contributed by atoms with Crippen LogP contribution in [-0.2, 0) is 11.3 Å². The highest BCUT2D eigenvalue weighted by molar-refractivity contribution is 5.94. The molecule has 0 aliphatic carbocycles. The molecule has 2 aromatic rings. The fraction of sp³-hybridized carbons (Fsp3) is 0.263. The lowest BCUT2D eigenvalue weighted by Crippen LogP contribution is -2.28. The summed E-state index contributed by atoms with van der Waals surface area (Å²) in [6.45, 7) is 2.62. The minimum Gasteiger partial charge on any atom is -0.493 e. The third-order valence-electron chi connectivity index (χ3n) is 3.56. The van der Waals surface area contributed by atoms with Gasteiger partial charge in [0.1, 0.15) is 0 Å². The van der Waals surface area contributed by atoms with Crippen molar-refractivity contribution in [3.63, 3.8) is 0 Å². The number of nitrogens with two attached hydrogens (primary N) is 1. The number of ether oxygens (including phenoxy) is 2. The van der Waals surface area contributed by atoms with E-state index >= 15 is 0 Å². The van der Waals surface area contributed by atoms with Crippen molar-refractivity contribution in [1.29, 1.82) is 0 Å². The fourth-order valence-corrected chi connectivity index (χ4v) is 2.30. The van der Waals surface area contributed by atoms with Gasteiger partial charge in [0.2, 0.25) is 0 Å². The van der Waals surface area contributed by atoms with Crippen molar-refractivity contribution in [3.05, 3.63) is 53.6 Å². The van der Waals surface area contributed by atoms with Crippen LogP contribution in [0.4, 0.5) is 5.69 Å². The Labute approximate surface area is 152 Å². The number of carbonyl (C=O) groups excluding carboxylic acids is 2. The number of anilines is 1. The average Bonchev–Trinajstić information content (AvgIpc) is 2.64. The number of amides is 2. The van der Waals surface area contributed by atoms with E-state index in [-0.39, 0.29) is 18.4 Å². The normalized spacial score (nSPS) is 10.1. The molecule has 0 saturated heterocycles. The van der Waals surface area contributed by atoms with Gasteiger partial charge in [0.25, 0.3) is 11.8 Å². The standard InChI is InChI=1S/C19H23N3O4/c1-3-21-18(23)12-26-16-8-7-13(9-17(16)25-2)11-22-19(24)14-5-4-6-15(20)10-14/h4-10H,3,11-12,20H2,1-2H3,(H,21,23)(H,22,24). The van der Waals surface area contributed by atoms with E-state index < -0.39 is 0 Å². The van der Waals surface area contributed by atoms with Gasteiger partial charge in [-0.15, -0.1) is 0 Å². The molecule has 7 nitrogen and oxygen atoms in total. The summed E-state index contributed by atoms with van der Waals surface area (Å²) in [5.41, 5.74) is 7.56. The van der Waals surface area contributed by atoms with Crippen molar-refractivity contribution >= 4 is 17.5 Å². The molecule has 0 spiro atoms. The Morgan fingerprint density at radius 2 is 1.88 bits per heavy atom. The van der Waals surface area contributed by atoms with E-state index in [4.69, 9.17) is 15.2 Å². The van der Waals surface area contributed by atoms with Crippen LogP contribution in [0.5, 0.6) is 11.5 Å². The SMILES string of the molecule is CCNC(=O)COc1ccc(CNC(=O)c2cccc(N)c2)cc1OC. The van der Waals surface area contributed by atoms with E-state index in [0.29, 0.717) is 35.8 Å². The molecule has 0 atom stereocenters. The molecule has 2 aromatic carbocycles. The molecule has 0 saturated carbocycles. The minimum atomic E-state index is -0.215. The van der Waals surface area contributed by atoms with Crippen molar-refractivity contribution in [2.75, 3.05) is 26.0 Å². The molecular weight excluding hydrogens is 334 g/mol. The van der Waals surface area contributed by atoms with Gasteiger partial charge in [0.05, 0.1) is 7.11 Å². The Balaban J connectivity index is 1.97. The van der Waals surface area contributed by atoms with Crippen LogP contribution >= 0.6 is 0 Å². The number of carbonyl (C=O) groups is 2. The molecule has 4 N–H and O–H groups in total. The maximum Gasteiger partial charge on any atom is 0.257 e. The molecule has 0 unspecified atom stereocenters. The van der Waals surface area contributed by atoms with Gasteiger partial charge in [-0.25, -0.2) is 0 Å². The van der Waals surface area contributed by atoms with E-state index in [0.717, 1.165) is 5.56 Å². The molecule has 0 aliphatic rings. The van der Waals surface area contributed by atoms with Crippen LogP contribution in [0, 0.1) is 0 Å². The van der Waals surface area contributed by atoms with Gasteiger partial charge in [-0.05, 0) is 42.8 Å². The molecule has 2 rings (SSSR count). The van der Waals surface area contributed by atoms with E-state index in [9.17, 15) is 9.59 Å². The van der Waals surface area contributed by atoms with Gasteiger partial charge in [0.15, 0.2) is 18.1 Å². The van der Waals surface area contributed by atoms with E-state index in [1.165, 1.54) is 7.11 Å². The van der Waals surface area contributed by atoms with E-state index in [1.54, 1.807) is 42.5 Å². The van der Waals surface area contributed by atoms with E-state index in [2.05, 4.69) is 10.6 Å². The zero-order valence-electron chi connectivity index (χ0n) is 14.9. The third kappa shape index (κ3) is 5.41. The van der Waals surface area contributed by atoms with Gasteiger partial charge < -0.3 is 25.8 Å². The summed E-state index contributed by atoms with van der Waals surface area (Å²) >= 11 is 0. The molecule has 0 fully saturated rings. The Kier molecular flexibility index (Phi) is 6.84. The lowest BCUT2D eigenvalue weighted by Gasteiger charge is -2.12. The molecular formula is C19H23N3O4. The monoisotopic (exact) mass is 357 g/mol. The number of nitrogens with one attached hydrogen (secondary N) is 2. The number of benzene rings is 2. The Bertz CT molecular complexity index is 777. The van der Waals surface area contributed by atoms with Crippen molar-refractivity contribution in [2.45, 2.75) is 13.5 Å². The first-order valence-corrected chi connectivity index (χ1v) is 8.23. The van der Waals surface area contributed by atoms with Crippen molar-refractivity contribution < 1.29 is 19.1 Å². The summed E-state index contributed by atoms with van der Waals surface area (Å²) in [6, 6.07) is 12.0. The third-order valence-corrected chi connectivity index (χ3v) is 3.56. The zero-order valence-corrected chi connectivity index (χ0v) is 14.9. The lowest BCUT2D eigenvalue weighted by molar-refractivity contribution is -0.123. The molecule has 0 radical (unpaired) electrons.